The van der Waals surface area contributed by atoms with Crippen molar-refractivity contribution in [3.63, 3.8) is 0 Å². The maximum Gasteiger partial charge on any atom is 0.226 e. The lowest BCUT2D eigenvalue weighted by atomic mass is 10.3. The van der Waals surface area contributed by atoms with Gasteiger partial charge in [-0.15, -0.1) is 20.4 Å². The Balaban J connectivity index is 1.74. The van der Waals surface area contributed by atoms with Gasteiger partial charge in [0.2, 0.25) is 22.1 Å². The van der Waals surface area contributed by atoms with Gasteiger partial charge in [-0.3, -0.25) is 9.59 Å². The van der Waals surface area contributed by atoms with Gasteiger partial charge in [-0.25, -0.2) is 0 Å². The highest BCUT2D eigenvalue weighted by molar-refractivity contribution is 7.15. The van der Waals surface area contributed by atoms with Gasteiger partial charge in [-0.05, 0) is 13.8 Å². The molecule has 0 aliphatic carbocycles. The molecule has 2 heterocycles. The Morgan fingerprint density at radius 1 is 0.850 bits per heavy atom. The molecule has 0 fully saturated rings. The third-order valence-electron chi connectivity index (χ3n) is 2.12. The Morgan fingerprint density at radius 2 is 1.25 bits per heavy atom. The van der Waals surface area contributed by atoms with E-state index in [0.717, 1.165) is 10.0 Å². The predicted octanol–water partition coefficient (Wildman–Crippen LogP) is 1.36. The molecule has 106 valence electrons. The Labute approximate surface area is 122 Å². The second-order valence-corrected chi connectivity index (χ2v) is 6.21. The van der Waals surface area contributed by atoms with Gasteiger partial charge in [0.1, 0.15) is 10.0 Å². The molecule has 0 aliphatic heterocycles. The minimum Gasteiger partial charge on any atom is -0.301 e. The fourth-order valence-corrected chi connectivity index (χ4v) is 2.50. The molecule has 0 saturated carbocycles. The van der Waals surface area contributed by atoms with Gasteiger partial charge in [0.15, 0.2) is 0 Å². The van der Waals surface area contributed by atoms with E-state index >= 15 is 0 Å². The van der Waals surface area contributed by atoms with Gasteiger partial charge >= 0.3 is 0 Å². The summed E-state index contributed by atoms with van der Waals surface area (Å²) in [6, 6.07) is 0. The molecule has 0 aromatic carbocycles. The van der Waals surface area contributed by atoms with Crippen molar-refractivity contribution in [3.8, 4) is 0 Å². The van der Waals surface area contributed by atoms with Gasteiger partial charge in [-0.1, -0.05) is 22.7 Å². The number of hydrogen-bond acceptors (Lipinski definition) is 8. The molecule has 2 amide bonds. The van der Waals surface area contributed by atoms with Crippen LogP contribution in [0.2, 0.25) is 0 Å². The first-order valence-electron chi connectivity index (χ1n) is 5.73. The molecule has 0 spiro atoms. The van der Waals surface area contributed by atoms with Crippen LogP contribution in [0.25, 0.3) is 0 Å². The Morgan fingerprint density at radius 3 is 1.55 bits per heavy atom. The normalized spacial score (nSPS) is 10.3. The number of amides is 2. The van der Waals surface area contributed by atoms with Crippen molar-refractivity contribution in [2.24, 2.45) is 0 Å². The predicted molar refractivity (Wildman–Crippen MR) is 75.8 cm³/mol. The number of rotatable bonds is 5. The first-order valence-corrected chi connectivity index (χ1v) is 7.36. The first-order chi connectivity index (χ1) is 9.52. The van der Waals surface area contributed by atoms with Gasteiger partial charge in [-0.2, -0.15) is 0 Å². The molecule has 2 aromatic rings. The number of carbonyl (C=O) groups excluding carboxylic acids is 2. The van der Waals surface area contributed by atoms with Crippen LogP contribution in [0.1, 0.15) is 22.9 Å². The van der Waals surface area contributed by atoms with Crippen molar-refractivity contribution in [3.05, 3.63) is 10.0 Å². The van der Waals surface area contributed by atoms with Gasteiger partial charge in [0, 0.05) is 12.8 Å². The summed E-state index contributed by atoms with van der Waals surface area (Å²) in [7, 11) is 0. The van der Waals surface area contributed by atoms with Crippen LogP contribution in [0, 0.1) is 13.8 Å². The van der Waals surface area contributed by atoms with Crippen LogP contribution in [0.4, 0.5) is 10.3 Å². The summed E-state index contributed by atoms with van der Waals surface area (Å²) in [4.78, 5) is 23.2. The van der Waals surface area contributed by atoms with Gasteiger partial charge in [0.25, 0.3) is 0 Å². The third kappa shape index (κ3) is 4.31. The minimum atomic E-state index is -0.273. The lowest BCUT2D eigenvalue weighted by Crippen LogP contribution is -2.17. The zero-order chi connectivity index (χ0) is 14.5. The van der Waals surface area contributed by atoms with E-state index in [4.69, 9.17) is 0 Å². The third-order valence-corrected chi connectivity index (χ3v) is 3.63. The average Bonchev–Trinajstić information content (AvgIpc) is 2.96. The topological polar surface area (TPSA) is 110 Å². The molecule has 0 radical (unpaired) electrons. The van der Waals surface area contributed by atoms with E-state index in [1.54, 1.807) is 13.8 Å². The van der Waals surface area contributed by atoms with Crippen LogP contribution in [-0.4, -0.2) is 32.2 Å². The van der Waals surface area contributed by atoms with Crippen LogP contribution in [0.5, 0.6) is 0 Å². The highest BCUT2D eigenvalue weighted by atomic mass is 32.1. The van der Waals surface area contributed by atoms with Crippen molar-refractivity contribution < 1.29 is 9.59 Å². The first kappa shape index (κ1) is 14.5. The second kappa shape index (κ2) is 6.48. The number of aromatic nitrogens is 4. The number of nitrogens with zero attached hydrogens (tertiary/aromatic N) is 4. The smallest absolute Gasteiger partial charge is 0.226 e. The lowest BCUT2D eigenvalue weighted by molar-refractivity contribution is -0.121. The molecule has 2 N–H and O–H groups in total. The lowest BCUT2D eigenvalue weighted by Gasteiger charge is -2.01. The summed E-state index contributed by atoms with van der Waals surface area (Å²) in [5.41, 5.74) is 0. The summed E-state index contributed by atoms with van der Waals surface area (Å²) < 4.78 is 0. The van der Waals surface area contributed by atoms with Crippen molar-refractivity contribution in [1.82, 2.24) is 20.4 Å². The van der Waals surface area contributed by atoms with E-state index in [1.807, 2.05) is 0 Å². The number of anilines is 2. The molecule has 0 bridgehead atoms. The fraction of sp³-hybridized carbons (Fsp3) is 0.400. The second-order valence-electron chi connectivity index (χ2n) is 3.85. The molecular formula is C10H12N6O2S2. The highest BCUT2D eigenvalue weighted by Gasteiger charge is 2.11. The fourth-order valence-electron chi connectivity index (χ4n) is 1.28. The zero-order valence-corrected chi connectivity index (χ0v) is 12.5. The molecule has 0 unspecified atom stereocenters. The van der Waals surface area contributed by atoms with E-state index in [0.29, 0.717) is 10.3 Å². The standard InChI is InChI=1S/C10H12N6O2S2/c1-5-13-15-9(19-5)11-7(17)3-4-8(18)12-10-16-14-6(2)20-10/h3-4H2,1-2H3,(H,11,15,17)(H,12,16,18). The van der Waals surface area contributed by atoms with Crippen molar-refractivity contribution in [2.75, 3.05) is 10.6 Å². The monoisotopic (exact) mass is 312 g/mol. The molecule has 2 aromatic heterocycles. The molecule has 0 aliphatic rings. The van der Waals surface area contributed by atoms with Crippen LogP contribution in [0.3, 0.4) is 0 Å². The van der Waals surface area contributed by atoms with Crippen LogP contribution in [0.15, 0.2) is 0 Å². The summed E-state index contributed by atoms with van der Waals surface area (Å²) in [6.45, 7) is 3.59. The molecule has 2 rings (SSSR count). The van der Waals surface area contributed by atoms with Crippen LogP contribution < -0.4 is 10.6 Å². The van der Waals surface area contributed by atoms with Crippen LogP contribution in [-0.2, 0) is 9.59 Å². The number of carbonyl (C=O) groups is 2. The summed E-state index contributed by atoms with van der Waals surface area (Å²) >= 11 is 2.57. The van der Waals surface area contributed by atoms with Crippen molar-refractivity contribution in [1.29, 1.82) is 0 Å². The van der Waals surface area contributed by atoms with E-state index in [2.05, 4.69) is 31.0 Å². The summed E-state index contributed by atoms with van der Waals surface area (Å²) in [6.07, 6.45) is 0.143. The Bertz CT molecular complexity index is 569. The van der Waals surface area contributed by atoms with E-state index in [-0.39, 0.29) is 24.7 Å². The van der Waals surface area contributed by atoms with Crippen LogP contribution >= 0.6 is 22.7 Å². The average molecular weight is 312 g/mol. The van der Waals surface area contributed by atoms with E-state index in [1.165, 1.54) is 22.7 Å². The van der Waals surface area contributed by atoms with Gasteiger partial charge in [0.05, 0.1) is 0 Å². The van der Waals surface area contributed by atoms with Crippen molar-refractivity contribution >= 4 is 44.8 Å². The molecule has 20 heavy (non-hydrogen) atoms. The zero-order valence-electron chi connectivity index (χ0n) is 10.8. The van der Waals surface area contributed by atoms with E-state index in [9.17, 15) is 9.59 Å². The maximum atomic E-state index is 11.6. The Kier molecular flexibility index (Phi) is 4.69. The largest absolute Gasteiger partial charge is 0.301 e. The quantitative estimate of drug-likeness (QED) is 0.862. The van der Waals surface area contributed by atoms with Gasteiger partial charge < -0.3 is 10.6 Å². The minimum absolute atomic E-state index is 0.0717. The number of aryl methyl sites for hydroxylation is 2. The highest BCUT2D eigenvalue weighted by Crippen LogP contribution is 2.15. The SMILES string of the molecule is Cc1nnc(NC(=O)CCC(=O)Nc2nnc(C)s2)s1. The van der Waals surface area contributed by atoms with E-state index < -0.39 is 0 Å². The number of nitrogens with one attached hydrogen (secondary N) is 2. The number of hydrogen-bond donors (Lipinski definition) is 2. The molecular weight excluding hydrogens is 300 g/mol. The maximum absolute atomic E-state index is 11.6. The Hall–Kier alpha value is -1.94. The molecule has 0 saturated heterocycles. The molecule has 0 atom stereocenters. The summed E-state index contributed by atoms with van der Waals surface area (Å²) in [5.74, 6) is -0.547. The summed E-state index contributed by atoms with van der Waals surface area (Å²) in [5, 5.41) is 22.7. The molecule has 8 nitrogen and oxygen atoms in total. The molecule has 10 heteroatoms. The van der Waals surface area contributed by atoms with Crippen molar-refractivity contribution in [2.45, 2.75) is 26.7 Å².